The molecule has 204 valence electrons. The van der Waals surface area contributed by atoms with Gasteiger partial charge in [0, 0.05) is 12.1 Å². The van der Waals surface area contributed by atoms with E-state index >= 15 is 0 Å². The molecule has 2 aromatic carbocycles. The van der Waals surface area contributed by atoms with Gasteiger partial charge in [-0.2, -0.15) is 0 Å². The number of carboxylic acid groups (broad SMARTS) is 1. The van der Waals surface area contributed by atoms with Crippen LogP contribution >= 0.6 is 0 Å². The van der Waals surface area contributed by atoms with Crippen LogP contribution in [-0.4, -0.2) is 72.5 Å². The fourth-order valence-corrected chi connectivity index (χ4v) is 4.97. The Kier molecular flexibility index (Phi) is 7.53. The van der Waals surface area contributed by atoms with E-state index in [1.54, 1.807) is 25.3 Å². The second-order valence-electron chi connectivity index (χ2n) is 9.74. The number of halogens is 1. The number of alkyl halides is 1. The second kappa shape index (κ2) is 11.2. The number of amides is 1. The molecule has 0 aromatic heterocycles. The molecule has 1 amide bonds. The van der Waals surface area contributed by atoms with E-state index < -0.39 is 24.3 Å². The van der Waals surface area contributed by atoms with Gasteiger partial charge in [0.15, 0.2) is 12.1 Å². The molecule has 2 unspecified atom stereocenters. The number of amidine groups is 1. The van der Waals surface area contributed by atoms with Crippen molar-refractivity contribution in [3.63, 3.8) is 0 Å². The first-order chi connectivity index (χ1) is 18.8. The predicted molar refractivity (Wildman–Crippen MR) is 143 cm³/mol. The Balaban J connectivity index is 1.22. The molecule has 0 saturated carbocycles. The van der Waals surface area contributed by atoms with Crippen molar-refractivity contribution in [1.29, 1.82) is 0 Å². The molecule has 0 bridgehead atoms. The zero-order chi connectivity index (χ0) is 27.5. The minimum atomic E-state index is -1.15. The molecule has 0 radical (unpaired) electrons. The highest BCUT2D eigenvalue weighted by molar-refractivity contribution is 5.91. The van der Waals surface area contributed by atoms with Gasteiger partial charge >= 0.3 is 5.97 Å². The first kappa shape index (κ1) is 26.3. The average Bonchev–Trinajstić information content (AvgIpc) is 3.51. The van der Waals surface area contributed by atoms with Crippen LogP contribution in [0.3, 0.4) is 0 Å². The predicted octanol–water partition coefficient (Wildman–Crippen LogP) is 4.11. The Morgan fingerprint density at radius 1 is 1.21 bits per heavy atom. The summed E-state index contributed by atoms with van der Waals surface area (Å²) in [6.45, 7) is 2.09. The number of fused-ring (bicyclic) bond motifs is 1. The lowest BCUT2D eigenvalue weighted by atomic mass is 9.96. The van der Waals surface area contributed by atoms with Gasteiger partial charge in [-0.15, -0.1) is 0 Å². The van der Waals surface area contributed by atoms with Gasteiger partial charge in [-0.05, 0) is 60.5 Å². The first-order valence-electron chi connectivity index (χ1n) is 12.7. The van der Waals surface area contributed by atoms with Crippen molar-refractivity contribution >= 4 is 23.6 Å². The third-order valence-electron chi connectivity index (χ3n) is 7.02. The summed E-state index contributed by atoms with van der Waals surface area (Å²) in [6, 6.07) is 13.3. The smallest absolute Gasteiger partial charge is 0.335 e. The fraction of sp³-hybridized carbons (Fsp3) is 0.345. The summed E-state index contributed by atoms with van der Waals surface area (Å²) in [5.41, 5.74) is 2.79. The van der Waals surface area contributed by atoms with Crippen LogP contribution in [0.4, 0.5) is 10.1 Å². The standard InChI is InChI=1S/C29H30FN3O6/c1-17-5-3-4-6-23(17)31-29-32-27-24(37-2)11-18(12-25(27)39-29)13-26(34)33-15-20(30)14-21(33)16-38-22-9-7-19(8-10-22)28(35)36/h3-12,20-21,25,27H,13-16H2,1-2H3,(H,31,32)(H,35,36)/t20-,21-,25?,27?/m0/s1. The number of methoxy groups -OCH3 is 1. The van der Waals surface area contributed by atoms with E-state index in [0.29, 0.717) is 23.1 Å². The van der Waals surface area contributed by atoms with E-state index in [9.17, 15) is 14.0 Å². The quantitative estimate of drug-likeness (QED) is 0.524. The summed E-state index contributed by atoms with van der Waals surface area (Å²) in [6.07, 6.45) is 2.30. The van der Waals surface area contributed by atoms with Crippen molar-refractivity contribution in [2.75, 3.05) is 25.6 Å². The lowest BCUT2D eigenvalue weighted by molar-refractivity contribution is -0.131. The van der Waals surface area contributed by atoms with Gasteiger partial charge < -0.3 is 29.5 Å². The van der Waals surface area contributed by atoms with E-state index in [1.807, 2.05) is 37.3 Å². The lowest BCUT2D eigenvalue weighted by Gasteiger charge is -2.26. The van der Waals surface area contributed by atoms with Gasteiger partial charge in [0.25, 0.3) is 6.02 Å². The Morgan fingerprint density at radius 3 is 2.69 bits per heavy atom. The van der Waals surface area contributed by atoms with Crippen LogP contribution in [0.1, 0.15) is 28.8 Å². The number of likely N-dealkylation sites (tertiary alicyclic amines) is 1. The van der Waals surface area contributed by atoms with Crippen molar-refractivity contribution in [2.45, 2.75) is 44.1 Å². The number of carbonyl (C=O) groups is 2. The molecule has 1 aliphatic carbocycles. The van der Waals surface area contributed by atoms with Crippen LogP contribution in [0.15, 0.2) is 77.0 Å². The van der Waals surface area contributed by atoms with Crippen molar-refractivity contribution in [1.82, 2.24) is 4.90 Å². The molecule has 2 heterocycles. The molecule has 1 fully saturated rings. The number of nitrogens with zero attached hydrogens (tertiary/aromatic N) is 2. The van der Waals surface area contributed by atoms with Crippen molar-refractivity contribution in [3.05, 3.63) is 83.1 Å². The van der Waals surface area contributed by atoms with Gasteiger partial charge in [-0.25, -0.2) is 14.2 Å². The van der Waals surface area contributed by atoms with Gasteiger partial charge in [0.2, 0.25) is 5.91 Å². The second-order valence-corrected chi connectivity index (χ2v) is 9.74. The average molecular weight is 536 g/mol. The number of benzene rings is 2. The molecule has 3 aliphatic rings. The summed E-state index contributed by atoms with van der Waals surface area (Å²) in [5.74, 6) is -0.214. The van der Waals surface area contributed by atoms with Gasteiger partial charge in [0.05, 0.1) is 31.7 Å². The van der Waals surface area contributed by atoms with Gasteiger partial charge in [-0.1, -0.05) is 18.2 Å². The minimum Gasteiger partial charge on any atom is -0.499 e. The number of hydrogen-bond acceptors (Lipinski definition) is 7. The number of para-hydroxylation sites is 1. The Hall–Kier alpha value is -4.34. The highest BCUT2D eigenvalue weighted by atomic mass is 19.1. The number of nitrogens with one attached hydrogen (secondary N) is 1. The number of carbonyl (C=O) groups excluding carboxylic acids is 1. The molecular weight excluding hydrogens is 505 g/mol. The molecule has 9 nitrogen and oxygen atoms in total. The topological polar surface area (TPSA) is 110 Å². The Bertz CT molecular complexity index is 1340. The zero-order valence-corrected chi connectivity index (χ0v) is 21.7. The molecular formula is C29H30FN3O6. The maximum absolute atomic E-state index is 14.4. The monoisotopic (exact) mass is 535 g/mol. The van der Waals surface area contributed by atoms with E-state index in [0.717, 1.165) is 11.3 Å². The van der Waals surface area contributed by atoms with E-state index in [4.69, 9.17) is 19.3 Å². The molecule has 39 heavy (non-hydrogen) atoms. The maximum Gasteiger partial charge on any atom is 0.335 e. The number of allylic oxidation sites excluding steroid dienone is 1. The van der Waals surface area contributed by atoms with E-state index in [2.05, 4.69) is 10.3 Å². The van der Waals surface area contributed by atoms with Crippen molar-refractivity contribution < 1.29 is 33.3 Å². The van der Waals surface area contributed by atoms with Crippen LogP contribution in [-0.2, 0) is 14.3 Å². The number of rotatable bonds is 8. The molecule has 10 heteroatoms. The van der Waals surface area contributed by atoms with Crippen molar-refractivity contribution in [2.24, 2.45) is 4.99 Å². The van der Waals surface area contributed by atoms with Crippen LogP contribution in [0, 0.1) is 6.92 Å². The van der Waals surface area contributed by atoms with Crippen molar-refractivity contribution in [3.8, 4) is 5.75 Å². The van der Waals surface area contributed by atoms with Gasteiger partial charge in [-0.3, -0.25) is 4.79 Å². The largest absolute Gasteiger partial charge is 0.499 e. The number of ether oxygens (including phenoxy) is 3. The molecule has 4 atom stereocenters. The highest BCUT2D eigenvalue weighted by Crippen LogP contribution is 2.32. The Morgan fingerprint density at radius 2 is 1.97 bits per heavy atom. The van der Waals surface area contributed by atoms with Crippen LogP contribution in [0.25, 0.3) is 0 Å². The first-order valence-corrected chi connectivity index (χ1v) is 12.7. The summed E-state index contributed by atoms with van der Waals surface area (Å²) < 4.78 is 31.8. The van der Waals surface area contributed by atoms with Gasteiger partial charge in [0.1, 0.15) is 24.3 Å². The molecule has 2 aromatic rings. The molecule has 2 aliphatic heterocycles. The third kappa shape index (κ3) is 5.89. The van der Waals surface area contributed by atoms with Crippen LogP contribution in [0.2, 0.25) is 0 Å². The zero-order valence-electron chi connectivity index (χ0n) is 21.7. The number of hydrogen-bond donors (Lipinski definition) is 2. The normalized spacial score (nSPS) is 23.7. The molecule has 5 rings (SSSR count). The van der Waals surface area contributed by atoms with E-state index in [-0.39, 0.29) is 43.5 Å². The van der Waals surface area contributed by atoms with E-state index in [1.165, 1.54) is 17.0 Å². The molecule has 0 spiro atoms. The molecule has 1 saturated heterocycles. The number of aryl methyl sites for hydroxylation is 1. The lowest BCUT2D eigenvalue weighted by Crippen LogP contribution is -2.39. The fourth-order valence-electron chi connectivity index (χ4n) is 4.97. The SMILES string of the molecule is COC1=CC(CC(=O)N2C[C@@H](F)C[C@H]2COc2ccc(C(=O)O)cc2)=CC2OC(Nc3ccccc3C)=NC12. The summed E-state index contributed by atoms with van der Waals surface area (Å²) in [4.78, 5) is 30.5. The number of aromatic carboxylic acids is 1. The Labute approximate surface area is 225 Å². The van der Waals surface area contributed by atoms with Crippen LogP contribution in [0.5, 0.6) is 5.75 Å². The molecule has 2 N–H and O–H groups in total. The summed E-state index contributed by atoms with van der Waals surface area (Å²) in [5, 5.41) is 12.3. The minimum absolute atomic E-state index is 0.00486. The van der Waals surface area contributed by atoms with Crippen LogP contribution < -0.4 is 10.1 Å². The number of anilines is 1. The summed E-state index contributed by atoms with van der Waals surface area (Å²) >= 11 is 0. The number of aliphatic imine (C=N–C) groups is 1. The highest BCUT2D eigenvalue weighted by Gasteiger charge is 2.39. The number of carboxylic acids is 1. The summed E-state index contributed by atoms with van der Waals surface area (Å²) in [7, 11) is 1.56. The third-order valence-corrected chi connectivity index (χ3v) is 7.02. The maximum atomic E-state index is 14.4.